The van der Waals surface area contributed by atoms with Gasteiger partial charge in [-0.3, -0.25) is 0 Å². The van der Waals surface area contributed by atoms with Crippen molar-refractivity contribution in [1.82, 2.24) is 9.97 Å². The summed E-state index contributed by atoms with van der Waals surface area (Å²) in [6, 6.07) is 5.63. The van der Waals surface area contributed by atoms with E-state index < -0.39 is 11.7 Å². The highest BCUT2D eigenvalue weighted by atomic mass is 19.4. The lowest BCUT2D eigenvalue weighted by Gasteiger charge is -2.27. The van der Waals surface area contributed by atoms with E-state index in [4.69, 9.17) is 9.47 Å². The molecule has 1 saturated heterocycles. The van der Waals surface area contributed by atoms with E-state index in [9.17, 15) is 13.2 Å². The van der Waals surface area contributed by atoms with Crippen LogP contribution < -0.4 is 15.0 Å². The number of benzene rings is 1. The van der Waals surface area contributed by atoms with Crippen LogP contribution in [-0.4, -0.2) is 43.4 Å². The lowest BCUT2D eigenvalue weighted by Crippen LogP contribution is -2.36. The molecular formula is C17H19F3N4O2. The second kappa shape index (κ2) is 7.77. The van der Waals surface area contributed by atoms with Gasteiger partial charge < -0.3 is 19.7 Å². The lowest BCUT2D eigenvalue weighted by atomic mass is 10.1. The number of hydrogen-bond acceptors (Lipinski definition) is 6. The van der Waals surface area contributed by atoms with E-state index in [1.807, 2.05) is 4.90 Å². The number of nitrogens with one attached hydrogen (secondary N) is 1. The molecule has 2 aromatic rings. The predicted molar refractivity (Wildman–Crippen MR) is 90.4 cm³/mol. The van der Waals surface area contributed by atoms with Gasteiger partial charge in [0.15, 0.2) is 0 Å². The molecular weight excluding hydrogens is 349 g/mol. The smallest absolute Gasteiger partial charge is 0.416 e. The van der Waals surface area contributed by atoms with Crippen molar-refractivity contribution in [3.8, 4) is 5.75 Å². The molecule has 2 heterocycles. The number of methoxy groups -OCH3 is 1. The number of anilines is 2. The normalized spacial score (nSPS) is 15.0. The van der Waals surface area contributed by atoms with Crippen LogP contribution in [0.4, 0.5) is 24.8 Å². The molecule has 9 heteroatoms. The third-order valence-electron chi connectivity index (χ3n) is 4.07. The van der Waals surface area contributed by atoms with Gasteiger partial charge in [0, 0.05) is 25.7 Å². The van der Waals surface area contributed by atoms with Crippen LogP contribution in [0, 0.1) is 0 Å². The molecule has 1 aromatic carbocycles. The molecule has 1 fully saturated rings. The Morgan fingerprint density at radius 3 is 2.65 bits per heavy atom. The molecule has 140 valence electrons. The zero-order chi connectivity index (χ0) is 18.6. The van der Waals surface area contributed by atoms with Crippen molar-refractivity contribution in [2.45, 2.75) is 12.7 Å². The van der Waals surface area contributed by atoms with Gasteiger partial charge in [-0.2, -0.15) is 13.2 Å². The molecule has 0 amide bonds. The zero-order valence-electron chi connectivity index (χ0n) is 14.2. The summed E-state index contributed by atoms with van der Waals surface area (Å²) < 4.78 is 50.0. The molecule has 1 aliphatic rings. The zero-order valence-corrected chi connectivity index (χ0v) is 14.2. The Labute approximate surface area is 149 Å². The maximum absolute atomic E-state index is 13.3. The minimum Gasteiger partial charge on any atom is -0.497 e. The minimum absolute atomic E-state index is 0.0155. The van der Waals surface area contributed by atoms with Gasteiger partial charge in [-0.1, -0.05) is 6.07 Å². The van der Waals surface area contributed by atoms with E-state index >= 15 is 0 Å². The van der Waals surface area contributed by atoms with E-state index in [-0.39, 0.29) is 17.9 Å². The van der Waals surface area contributed by atoms with Gasteiger partial charge in [-0.25, -0.2) is 9.97 Å². The van der Waals surface area contributed by atoms with Crippen molar-refractivity contribution in [3.05, 3.63) is 41.7 Å². The van der Waals surface area contributed by atoms with Crippen LogP contribution in [0.25, 0.3) is 0 Å². The summed E-state index contributed by atoms with van der Waals surface area (Å²) in [5, 5.41) is 2.94. The molecule has 0 spiro atoms. The van der Waals surface area contributed by atoms with E-state index in [0.717, 1.165) is 11.9 Å². The largest absolute Gasteiger partial charge is 0.497 e. The number of halogens is 3. The third kappa shape index (κ3) is 4.34. The molecule has 0 atom stereocenters. The minimum atomic E-state index is -4.46. The summed E-state index contributed by atoms with van der Waals surface area (Å²) in [5.41, 5.74) is -0.614. The van der Waals surface area contributed by atoms with Crippen LogP contribution >= 0.6 is 0 Å². The van der Waals surface area contributed by atoms with Gasteiger partial charge in [0.2, 0.25) is 0 Å². The summed E-state index contributed by atoms with van der Waals surface area (Å²) in [6.45, 7) is 2.65. The monoisotopic (exact) mass is 368 g/mol. The van der Waals surface area contributed by atoms with Gasteiger partial charge in [0.25, 0.3) is 0 Å². The number of rotatable bonds is 5. The Morgan fingerprint density at radius 2 is 1.96 bits per heavy atom. The Bertz CT molecular complexity index is 749. The van der Waals surface area contributed by atoms with Crippen LogP contribution in [0.15, 0.2) is 30.6 Å². The number of aromatic nitrogens is 2. The average Bonchev–Trinajstić information content (AvgIpc) is 2.66. The highest BCUT2D eigenvalue weighted by Gasteiger charge is 2.33. The summed E-state index contributed by atoms with van der Waals surface area (Å²) in [4.78, 5) is 10.4. The summed E-state index contributed by atoms with van der Waals surface area (Å²) >= 11 is 0. The van der Waals surface area contributed by atoms with Crippen LogP contribution in [-0.2, 0) is 17.5 Å². The fourth-order valence-electron chi connectivity index (χ4n) is 2.70. The number of nitrogens with zero attached hydrogens (tertiary/aromatic N) is 3. The maximum Gasteiger partial charge on any atom is 0.416 e. The molecule has 0 unspecified atom stereocenters. The molecule has 0 saturated carbocycles. The topological polar surface area (TPSA) is 59.5 Å². The second-order valence-electron chi connectivity index (χ2n) is 5.74. The Morgan fingerprint density at radius 1 is 1.19 bits per heavy atom. The molecule has 0 radical (unpaired) electrons. The molecule has 1 N–H and O–H groups in total. The Kier molecular flexibility index (Phi) is 5.46. The Hall–Kier alpha value is -2.55. The molecule has 3 rings (SSSR count). The maximum atomic E-state index is 13.3. The fraction of sp³-hybridized carbons (Fsp3) is 0.412. The van der Waals surface area contributed by atoms with Crippen LogP contribution in [0.2, 0.25) is 0 Å². The van der Waals surface area contributed by atoms with Gasteiger partial charge in [0.1, 0.15) is 23.7 Å². The molecule has 0 aliphatic carbocycles. The molecule has 1 aliphatic heterocycles. The number of morpholine rings is 1. The van der Waals surface area contributed by atoms with Crippen LogP contribution in [0.1, 0.15) is 11.1 Å². The first kappa shape index (κ1) is 18.2. The summed E-state index contributed by atoms with van der Waals surface area (Å²) in [5.74, 6) is 1.35. The first-order valence-electron chi connectivity index (χ1n) is 8.10. The molecule has 26 heavy (non-hydrogen) atoms. The van der Waals surface area contributed by atoms with Crippen molar-refractivity contribution in [3.63, 3.8) is 0 Å². The van der Waals surface area contributed by atoms with Crippen molar-refractivity contribution < 1.29 is 22.6 Å². The van der Waals surface area contributed by atoms with Crippen molar-refractivity contribution in [2.24, 2.45) is 0 Å². The molecule has 6 nitrogen and oxygen atoms in total. The van der Waals surface area contributed by atoms with Gasteiger partial charge >= 0.3 is 6.18 Å². The Balaban J connectivity index is 1.75. The van der Waals surface area contributed by atoms with E-state index in [2.05, 4.69) is 15.3 Å². The third-order valence-corrected chi connectivity index (χ3v) is 4.07. The number of alkyl halides is 3. The quantitative estimate of drug-likeness (QED) is 0.876. The standard InChI is InChI=1S/C17H19F3N4O2/c1-25-13-3-2-12(14(8-13)17(18,19)20)10-21-15-9-16(23-11-22-15)24-4-6-26-7-5-24/h2-3,8-9,11H,4-7,10H2,1H3,(H,21,22,23). The van der Waals surface area contributed by atoms with Crippen molar-refractivity contribution in [2.75, 3.05) is 43.6 Å². The van der Waals surface area contributed by atoms with E-state index in [0.29, 0.717) is 32.1 Å². The van der Waals surface area contributed by atoms with E-state index in [1.54, 1.807) is 6.07 Å². The highest BCUT2D eigenvalue weighted by Crippen LogP contribution is 2.34. The summed E-state index contributed by atoms with van der Waals surface area (Å²) in [6.07, 6.45) is -3.07. The molecule has 0 bridgehead atoms. The first-order chi connectivity index (χ1) is 12.5. The second-order valence-corrected chi connectivity index (χ2v) is 5.74. The lowest BCUT2D eigenvalue weighted by molar-refractivity contribution is -0.138. The average molecular weight is 368 g/mol. The van der Waals surface area contributed by atoms with Crippen molar-refractivity contribution >= 4 is 11.6 Å². The number of ether oxygens (including phenoxy) is 2. The SMILES string of the molecule is COc1ccc(CNc2cc(N3CCOCC3)ncn2)c(C(F)(F)F)c1. The van der Waals surface area contributed by atoms with Gasteiger partial charge in [0.05, 0.1) is 25.9 Å². The fourth-order valence-corrected chi connectivity index (χ4v) is 2.70. The molecule has 1 aromatic heterocycles. The van der Waals surface area contributed by atoms with E-state index in [1.165, 1.54) is 25.6 Å². The van der Waals surface area contributed by atoms with Crippen LogP contribution in [0.5, 0.6) is 5.75 Å². The van der Waals surface area contributed by atoms with Gasteiger partial charge in [-0.05, 0) is 17.7 Å². The van der Waals surface area contributed by atoms with Gasteiger partial charge in [-0.15, -0.1) is 0 Å². The first-order valence-corrected chi connectivity index (χ1v) is 8.10. The van der Waals surface area contributed by atoms with Crippen LogP contribution in [0.3, 0.4) is 0 Å². The van der Waals surface area contributed by atoms with Crippen molar-refractivity contribution in [1.29, 1.82) is 0 Å². The summed E-state index contributed by atoms with van der Waals surface area (Å²) in [7, 11) is 1.33. The number of hydrogen-bond donors (Lipinski definition) is 1. The predicted octanol–water partition coefficient (Wildman–Crippen LogP) is 2.95. The highest BCUT2D eigenvalue weighted by molar-refractivity contribution is 5.49.